The lowest BCUT2D eigenvalue weighted by Gasteiger charge is -2.39. The number of hydrogen-bond acceptors (Lipinski definition) is 4. The molecule has 1 atom stereocenters. The number of nitrogens with zero attached hydrogens (tertiary/aromatic N) is 4. The van der Waals surface area contributed by atoms with Crippen molar-refractivity contribution in [1.29, 1.82) is 0 Å². The third-order valence-corrected chi connectivity index (χ3v) is 6.61. The van der Waals surface area contributed by atoms with E-state index in [0.717, 1.165) is 77.5 Å². The molecule has 3 fully saturated rings. The van der Waals surface area contributed by atoms with Gasteiger partial charge < -0.3 is 20.4 Å². The predicted octanol–water partition coefficient (Wildman–Crippen LogP) is 1.03. The monoisotopic (exact) mass is 420 g/mol. The largest absolute Gasteiger partial charge is 0.357 e. The standard InChI is InChI=1S/C22H40N6O2/c1-3-23-22(24-17-20(29)25-19-9-5-4-6-10-19)28-15-13-26(14-16-28)18(2)21(30)27-11-7-8-12-27/h18-19H,3-17H2,1-2H3,(H,23,24)(H,25,29). The lowest BCUT2D eigenvalue weighted by molar-refractivity contribution is -0.135. The van der Waals surface area contributed by atoms with Crippen molar-refractivity contribution in [2.75, 3.05) is 52.4 Å². The van der Waals surface area contributed by atoms with Crippen LogP contribution in [0.15, 0.2) is 4.99 Å². The average Bonchev–Trinajstić information content (AvgIpc) is 3.31. The number of guanidine groups is 1. The third-order valence-electron chi connectivity index (χ3n) is 6.61. The fourth-order valence-electron chi connectivity index (χ4n) is 4.77. The highest BCUT2D eigenvalue weighted by atomic mass is 16.2. The second-order valence-electron chi connectivity index (χ2n) is 8.80. The molecule has 0 bridgehead atoms. The molecule has 30 heavy (non-hydrogen) atoms. The molecular formula is C22H40N6O2. The third kappa shape index (κ3) is 6.33. The predicted molar refractivity (Wildman–Crippen MR) is 119 cm³/mol. The molecule has 0 aromatic carbocycles. The number of hydrogen-bond donors (Lipinski definition) is 2. The molecule has 0 aromatic rings. The topological polar surface area (TPSA) is 80.3 Å². The van der Waals surface area contributed by atoms with Crippen LogP contribution < -0.4 is 10.6 Å². The summed E-state index contributed by atoms with van der Waals surface area (Å²) >= 11 is 0. The first-order valence-electron chi connectivity index (χ1n) is 11.9. The molecule has 1 unspecified atom stereocenters. The van der Waals surface area contributed by atoms with Crippen molar-refractivity contribution in [2.24, 2.45) is 4.99 Å². The second-order valence-corrected chi connectivity index (χ2v) is 8.80. The SMILES string of the molecule is CCNC(=NCC(=O)NC1CCCCC1)N1CCN(C(C)C(=O)N2CCCC2)CC1. The molecule has 1 aliphatic carbocycles. The van der Waals surface area contributed by atoms with Gasteiger partial charge in [0.2, 0.25) is 11.8 Å². The summed E-state index contributed by atoms with van der Waals surface area (Å²) in [5, 5.41) is 6.46. The van der Waals surface area contributed by atoms with Crippen molar-refractivity contribution in [1.82, 2.24) is 25.3 Å². The molecule has 2 heterocycles. The molecular weight excluding hydrogens is 380 g/mol. The highest BCUT2D eigenvalue weighted by Crippen LogP contribution is 2.17. The zero-order valence-electron chi connectivity index (χ0n) is 18.9. The molecule has 2 N–H and O–H groups in total. The summed E-state index contributed by atoms with van der Waals surface area (Å²) in [5.74, 6) is 1.08. The highest BCUT2D eigenvalue weighted by molar-refractivity contribution is 5.85. The van der Waals surface area contributed by atoms with E-state index < -0.39 is 0 Å². The van der Waals surface area contributed by atoms with Crippen LogP contribution in [0.25, 0.3) is 0 Å². The number of carbonyl (C=O) groups excluding carboxylic acids is 2. The van der Waals surface area contributed by atoms with Gasteiger partial charge in [-0.05, 0) is 39.5 Å². The van der Waals surface area contributed by atoms with Crippen molar-refractivity contribution >= 4 is 17.8 Å². The second kappa shape index (κ2) is 11.5. The van der Waals surface area contributed by atoms with Crippen LogP contribution in [0, 0.1) is 0 Å². The summed E-state index contributed by atoms with van der Waals surface area (Å²) in [6.45, 7) is 10.1. The van der Waals surface area contributed by atoms with Crippen LogP contribution in [0.4, 0.5) is 0 Å². The van der Waals surface area contributed by atoms with E-state index in [9.17, 15) is 9.59 Å². The molecule has 2 saturated heterocycles. The lowest BCUT2D eigenvalue weighted by atomic mass is 9.95. The zero-order chi connectivity index (χ0) is 21.3. The van der Waals surface area contributed by atoms with E-state index in [2.05, 4.69) is 25.4 Å². The Balaban J connectivity index is 1.47. The number of amides is 2. The summed E-state index contributed by atoms with van der Waals surface area (Å²) in [6, 6.07) is 0.258. The number of aliphatic imine (C=N–C) groups is 1. The fourth-order valence-corrected chi connectivity index (χ4v) is 4.77. The molecule has 2 aliphatic heterocycles. The first-order chi connectivity index (χ1) is 14.6. The lowest BCUT2D eigenvalue weighted by Crippen LogP contribution is -2.57. The summed E-state index contributed by atoms with van der Waals surface area (Å²) in [7, 11) is 0. The van der Waals surface area contributed by atoms with Crippen LogP contribution in [-0.2, 0) is 9.59 Å². The van der Waals surface area contributed by atoms with Crippen molar-refractivity contribution in [3.05, 3.63) is 0 Å². The Morgan fingerprint density at radius 2 is 1.60 bits per heavy atom. The Hall–Kier alpha value is -1.83. The fraction of sp³-hybridized carbons (Fsp3) is 0.864. The molecule has 3 rings (SSSR count). The van der Waals surface area contributed by atoms with E-state index in [1.165, 1.54) is 19.3 Å². The van der Waals surface area contributed by atoms with Gasteiger partial charge in [-0.2, -0.15) is 0 Å². The zero-order valence-corrected chi connectivity index (χ0v) is 18.9. The van der Waals surface area contributed by atoms with Crippen LogP contribution in [-0.4, -0.2) is 96.9 Å². The van der Waals surface area contributed by atoms with Crippen LogP contribution in [0.3, 0.4) is 0 Å². The molecule has 8 heteroatoms. The number of piperazine rings is 1. The van der Waals surface area contributed by atoms with Gasteiger partial charge in [0.25, 0.3) is 0 Å². The van der Waals surface area contributed by atoms with Gasteiger partial charge in [-0.25, -0.2) is 4.99 Å². The van der Waals surface area contributed by atoms with Gasteiger partial charge in [-0.1, -0.05) is 19.3 Å². The first-order valence-corrected chi connectivity index (χ1v) is 11.9. The van der Waals surface area contributed by atoms with Crippen molar-refractivity contribution in [3.8, 4) is 0 Å². The molecule has 0 radical (unpaired) electrons. The van der Waals surface area contributed by atoms with Crippen LogP contribution in [0.5, 0.6) is 0 Å². The maximum absolute atomic E-state index is 12.7. The Labute approximate surface area is 181 Å². The summed E-state index contributed by atoms with van der Waals surface area (Å²) < 4.78 is 0. The Kier molecular flexibility index (Phi) is 8.78. The van der Waals surface area contributed by atoms with Crippen LogP contribution >= 0.6 is 0 Å². The van der Waals surface area contributed by atoms with Gasteiger partial charge in [0.05, 0.1) is 6.04 Å². The van der Waals surface area contributed by atoms with E-state index >= 15 is 0 Å². The average molecular weight is 421 g/mol. The van der Waals surface area contributed by atoms with Crippen LogP contribution in [0.1, 0.15) is 58.8 Å². The molecule has 3 aliphatic rings. The summed E-state index contributed by atoms with van der Waals surface area (Å²) in [4.78, 5) is 36.1. The van der Waals surface area contributed by atoms with Crippen molar-refractivity contribution in [2.45, 2.75) is 70.9 Å². The molecule has 0 aromatic heterocycles. The molecule has 1 saturated carbocycles. The Morgan fingerprint density at radius 3 is 2.23 bits per heavy atom. The van der Waals surface area contributed by atoms with E-state index in [-0.39, 0.29) is 24.4 Å². The van der Waals surface area contributed by atoms with E-state index in [1.807, 2.05) is 18.7 Å². The van der Waals surface area contributed by atoms with Crippen LogP contribution in [0.2, 0.25) is 0 Å². The normalized spacial score (nSPS) is 22.8. The van der Waals surface area contributed by atoms with E-state index in [1.54, 1.807) is 0 Å². The number of nitrogens with one attached hydrogen (secondary N) is 2. The van der Waals surface area contributed by atoms with Gasteiger partial charge >= 0.3 is 0 Å². The summed E-state index contributed by atoms with van der Waals surface area (Å²) in [6.07, 6.45) is 8.13. The molecule has 170 valence electrons. The Bertz CT molecular complexity index is 590. The van der Waals surface area contributed by atoms with Gasteiger partial charge in [-0.3, -0.25) is 14.5 Å². The van der Waals surface area contributed by atoms with Gasteiger partial charge in [0.15, 0.2) is 5.96 Å². The quantitative estimate of drug-likeness (QED) is 0.496. The molecule has 0 spiro atoms. The molecule has 2 amide bonds. The van der Waals surface area contributed by atoms with E-state index in [0.29, 0.717) is 6.04 Å². The van der Waals surface area contributed by atoms with E-state index in [4.69, 9.17) is 0 Å². The molecule has 8 nitrogen and oxygen atoms in total. The minimum atomic E-state index is -0.0638. The Morgan fingerprint density at radius 1 is 0.933 bits per heavy atom. The minimum absolute atomic E-state index is 0.0146. The summed E-state index contributed by atoms with van der Waals surface area (Å²) in [5.41, 5.74) is 0. The number of likely N-dealkylation sites (tertiary alicyclic amines) is 1. The number of rotatable bonds is 6. The first kappa shape index (κ1) is 22.8. The van der Waals surface area contributed by atoms with Gasteiger partial charge in [0, 0.05) is 51.9 Å². The maximum atomic E-state index is 12.7. The highest BCUT2D eigenvalue weighted by Gasteiger charge is 2.30. The number of carbonyl (C=O) groups is 2. The van der Waals surface area contributed by atoms with Gasteiger partial charge in [0.1, 0.15) is 6.54 Å². The smallest absolute Gasteiger partial charge is 0.242 e. The van der Waals surface area contributed by atoms with Crippen molar-refractivity contribution < 1.29 is 9.59 Å². The minimum Gasteiger partial charge on any atom is -0.357 e. The maximum Gasteiger partial charge on any atom is 0.242 e. The van der Waals surface area contributed by atoms with Gasteiger partial charge in [-0.15, -0.1) is 0 Å². The van der Waals surface area contributed by atoms with Crippen molar-refractivity contribution in [3.63, 3.8) is 0 Å².